The van der Waals surface area contributed by atoms with Crippen molar-refractivity contribution in [1.29, 1.82) is 0 Å². The van der Waals surface area contributed by atoms with Crippen LogP contribution in [0.25, 0.3) is 0 Å². The molecule has 0 N–H and O–H groups in total. The van der Waals surface area contributed by atoms with E-state index in [9.17, 15) is 15.2 Å². The second-order valence-electron chi connectivity index (χ2n) is 5.64. The Morgan fingerprint density at radius 2 is 2.00 bits per heavy atom. The minimum Gasteiger partial charge on any atom is -0.612 e. The quantitative estimate of drug-likeness (QED) is 0.474. The Balaban J connectivity index is 1.98. The van der Waals surface area contributed by atoms with Crippen molar-refractivity contribution < 1.29 is 19.2 Å². The molecule has 1 unspecified atom stereocenters. The third-order valence-electron chi connectivity index (χ3n) is 4.09. The van der Waals surface area contributed by atoms with Crippen LogP contribution < -0.4 is 0 Å². The first-order valence-corrected chi connectivity index (χ1v) is 7.90. The first-order chi connectivity index (χ1) is 12.1. The van der Waals surface area contributed by atoms with Crippen LogP contribution in [0.15, 0.2) is 59.6 Å². The van der Waals surface area contributed by atoms with Crippen molar-refractivity contribution in [3.63, 3.8) is 0 Å². The highest BCUT2D eigenvalue weighted by Crippen LogP contribution is 2.34. The molecule has 0 radical (unpaired) electrons. The van der Waals surface area contributed by atoms with E-state index in [1.54, 1.807) is 19.1 Å². The zero-order valence-electron chi connectivity index (χ0n) is 13.6. The Bertz CT molecular complexity index is 762. The highest BCUT2D eigenvalue weighted by molar-refractivity contribution is 6.03. The number of nitrogens with zero attached hydrogens (tertiary/aromatic N) is 2. The van der Waals surface area contributed by atoms with Crippen LogP contribution in [-0.4, -0.2) is 41.2 Å². The van der Waals surface area contributed by atoms with Crippen molar-refractivity contribution in [2.75, 3.05) is 13.2 Å². The van der Waals surface area contributed by atoms with Gasteiger partial charge >= 0.3 is 5.97 Å². The topological polar surface area (TPSA) is 97.0 Å². The van der Waals surface area contributed by atoms with Crippen LogP contribution in [0.5, 0.6) is 0 Å². The van der Waals surface area contributed by atoms with Crippen molar-refractivity contribution in [1.82, 2.24) is 0 Å². The van der Waals surface area contributed by atoms with Gasteiger partial charge in [-0.3, -0.25) is 0 Å². The first-order valence-electron chi connectivity index (χ1n) is 7.90. The van der Waals surface area contributed by atoms with Crippen LogP contribution in [0.2, 0.25) is 0 Å². The molecule has 7 nitrogen and oxygen atoms in total. The Hall–Kier alpha value is -3.09. The molecule has 0 saturated heterocycles. The molecular formula is C18H17N2O5-. The molecule has 25 heavy (non-hydrogen) atoms. The molecule has 2 aliphatic rings. The van der Waals surface area contributed by atoms with Crippen LogP contribution in [0, 0.1) is 16.3 Å². The van der Waals surface area contributed by atoms with Crippen molar-refractivity contribution in [2.45, 2.75) is 12.5 Å². The van der Waals surface area contributed by atoms with Crippen molar-refractivity contribution in [3.05, 3.63) is 70.6 Å². The summed E-state index contributed by atoms with van der Waals surface area (Å²) in [5.41, 5.74) is -0.563. The molecule has 130 valence electrons. The lowest BCUT2D eigenvalue weighted by Gasteiger charge is -2.28. The number of carbonyl (C=O) groups is 1. The SMILES string of the molecule is CCOC(=O)C1(C2C=CC(=[N+]([O-])[O-])C=C2)COC(c2ccccc2)=N1. The average Bonchev–Trinajstić information content (AvgIpc) is 3.09. The second kappa shape index (κ2) is 6.80. The maximum absolute atomic E-state index is 12.6. The molecule has 0 aromatic heterocycles. The summed E-state index contributed by atoms with van der Waals surface area (Å²) < 4.78 is 10.9. The fourth-order valence-corrected chi connectivity index (χ4v) is 2.78. The van der Waals surface area contributed by atoms with Crippen molar-refractivity contribution in [2.24, 2.45) is 10.9 Å². The third-order valence-corrected chi connectivity index (χ3v) is 4.09. The number of ether oxygens (including phenoxy) is 2. The standard InChI is InChI=1S/C18H17N2O5/c1-2-24-17(21)18(14-8-10-15(11-9-14)20(22)23)12-25-16(19-18)13-6-4-3-5-7-13/h3-11,14H,2,12H2,1H3/q-1. The van der Waals surface area contributed by atoms with Crippen molar-refractivity contribution in [3.8, 4) is 0 Å². The van der Waals surface area contributed by atoms with Gasteiger partial charge in [-0.05, 0) is 19.1 Å². The van der Waals surface area contributed by atoms with Gasteiger partial charge in [0.05, 0.1) is 6.61 Å². The van der Waals surface area contributed by atoms with Crippen LogP contribution in [-0.2, 0) is 14.3 Å². The van der Waals surface area contributed by atoms with E-state index >= 15 is 0 Å². The van der Waals surface area contributed by atoms with Crippen LogP contribution >= 0.6 is 0 Å². The molecule has 0 bridgehead atoms. The van der Waals surface area contributed by atoms with E-state index in [1.807, 2.05) is 30.3 Å². The van der Waals surface area contributed by atoms with E-state index < -0.39 is 22.3 Å². The largest absolute Gasteiger partial charge is 0.612 e. The van der Waals surface area contributed by atoms with E-state index in [0.29, 0.717) is 5.90 Å². The summed E-state index contributed by atoms with van der Waals surface area (Å²) in [5, 5.41) is 21.7. The number of rotatable bonds is 4. The molecule has 1 aliphatic heterocycles. The minimum absolute atomic E-state index is 0.0171. The molecule has 0 fully saturated rings. The zero-order chi connectivity index (χ0) is 17.9. The first kappa shape index (κ1) is 16.8. The highest BCUT2D eigenvalue weighted by atomic mass is 16.8. The molecule has 0 spiro atoms. The Morgan fingerprint density at radius 3 is 2.60 bits per heavy atom. The molecule has 1 atom stereocenters. The lowest BCUT2D eigenvalue weighted by molar-refractivity contribution is -0.377. The van der Waals surface area contributed by atoms with E-state index in [-0.39, 0.29) is 18.9 Å². The maximum atomic E-state index is 12.6. The van der Waals surface area contributed by atoms with E-state index in [0.717, 1.165) is 5.56 Å². The molecule has 1 aliphatic carbocycles. The highest BCUT2D eigenvalue weighted by Gasteiger charge is 2.50. The van der Waals surface area contributed by atoms with Crippen LogP contribution in [0.3, 0.4) is 0 Å². The van der Waals surface area contributed by atoms with Crippen LogP contribution in [0.4, 0.5) is 0 Å². The predicted molar refractivity (Wildman–Crippen MR) is 92.1 cm³/mol. The van der Waals surface area contributed by atoms with Crippen LogP contribution in [0.1, 0.15) is 12.5 Å². The smallest absolute Gasteiger partial charge is 0.338 e. The number of carbonyl (C=O) groups excluding carboxylic acids is 1. The molecule has 0 amide bonds. The summed E-state index contributed by atoms with van der Waals surface area (Å²) in [5.74, 6) is -0.638. The number of benzene rings is 1. The Morgan fingerprint density at radius 1 is 1.32 bits per heavy atom. The molecule has 1 aromatic rings. The molecule has 7 heteroatoms. The van der Waals surface area contributed by atoms with E-state index in [1.165, 1.54) is 12.2 Å². The summed E-state index contributed by atoms with van der Waals surface area (Å²) >= 11 is 0. The van der Waals surface area contributed by atoms with Gasteiger partial charge in [0.15, 0.2) is 0 Å². The molecule has 0 saturated carbocycles. The van der Waals surface area contributed by atoms with Gasteiger partial charge in [-0.1, -0.05) is 30.4 Å². The van der Waals surface area contributed by atoms with Gasteiger partial charge in [0.1, 0.15) is 6.61 Å². The summed E-state index contributed by atoms with van der Waals surface area (Å²) in [6.45, 7) is 1.95. The van der Waals surface area contributed by atoms with Gasteiger partial charge in [0.25, 0.3) is 0 Å². The average molecular weight is 341 g/mol. The maximum Gasteiger partial charge on any atom is 0.338 e. The lowest BCUT2D eigenvalue weighted by atomic mass is 9.82. The number of hydrogen-bond acceptors (Lipinski definition) is 6. The number of aliphatic imine (C=N–C) groups is 1. The summed E-state index contributed by atoms with van der Waals surface area (Å²) in [7, 11) is 0. The minimum atomic E-state index is -1.28. The van der Waals surface area contributed by atoms with Gasteiger partial charge in [0, 0.05) is 23.6 Å². The molecule has 3 rings (SSSR count). The summed E-state index contributed by atoms with van der Waals surface area (Å²) in [6, 6.07) is 9.25. The zero-order valence-corrected chi connectivity index (χ0v) is 13.6. The Labute approximate surface area is 144 Å². The molecular weight excluding hydrogens is 324 g/mol. The summed E-state index contributed by atoms with van der Waals surface area (Å²) in [4.78, 5) is 16.7. The number of hydrogen-bond donors (Lipinski definition) is 0. The monoisotopic (exact) mass is 341 g/mol. The van der Waals surface area contributed by atoms with Gasteiger partial charge in [-0.25, -0.2) is 9.79 Å². The van der Waals surface area contributed by atoms with E-state index in [4.69, 9.17) is 9.47 Å². The fraction of sp³-hybridized carbons (Fsp3) is 0.278. The van der Waals surface area contributed by atoms with Gasteiger partial charge in [-0.2, -0.15) is 4.90 Å². The third kappa shape index (κ3) is 3.13. The van der Waals surface area contributed by atoms with Gasteiger partial charge in [-0.15, -0.1) is 0 Å². The second-order valence-corrected chi connectivity index (χ2v) is 5.64. The number of allylic oxidation sites excluding steroid dienone is 2. The fourth-order valence-electron chi connectivity index (χ4n) is 2.78. The molecule has 1 heterocycles. The summed E-state index contributed by atoms with van der Waals surface area (Å²) in [6.07, 6.45) is 5.94. The van der Waals surface area contributed by atoms with Crippen molar-refractivity contribution >= 4 is 17.6 Å². The predicted octanol–water partition coefficient (Wildman–Crippen LogP) is 1.96. The normalized spacial score (nSPS) is 24.6. The van der Waals surface area contributed by atoms with Gasteiger partial charge in [0.2, 0.25) is 17.1 Å². The lowest BCUT2D eigenvalue weighted by Crippen LogP contribution is -2.46. The number of esters is 1. The Kier molecular flexibility index (Phi) is 4.56. The molecule has 1 aromatic carbocycles. The van der Waals surface area contributed by atoms with E-state index in [2.05, 4.69) is 4.99 Å². The van der Waals surface area contributed by atoms with Gasteiger partial charge < -0.3 is 19.9 Å².